The fraction of sp³-hybridized carbons (Fsp3) is 0.208. The molecule has 4 aromatic rings. The van der Waals surface area contributed by atoms with Crippen LogP contribution in [-0.2, 0) is 9.53 Å². The number of para-hydroxylation sites is 1. The molecule has 1 fully saturated rings. The number of carbonyl (C=O) groups is 3. The molecule has 2 amide bonds. The number of rotatable bonds is 8. The van der Waals surface area contributed by atoms with Gasteiger partial charge in [-0.25, -0.2) is 13.9 Å². The molecular weight excluding hydrogens is 473 g/mol. The highest BCUT2D eigenvalue weighted by Crippen LogP contribution is 2.26. The number of hydrogen-bond donors (Lipinski definition) is 1. The van der Waals surface area contributed by atoms with Crippen molar-refractivity contribution in [1.29, 1.82) is 0 Å². The molecule has 0 aliphatic carbocycles. The van der Waals surface area contributed by atoms with Crippen molar-refractivity contribution < 1.29 is 23.5 Å². The smallest absolute Gasteiger partial charge is 0.414 e. The van der Waals surface area contributed by atoms with Gasteiger partial charge in [0.05, 0.1) is 29.2 Å². The normalized spacial score (nSPS) is 15.4. The van der Waals surface area contributed by atoms with Crippen LogP contribution in [0.3, 0.4) is 0 Å². The van der Waals surface area contributed by atoms with Gasteiger partial charge >= 0.3 is 6.09 Å². The van der Waals surface area contributed by atoms with E-state index in [0.717, 1.165) is 0 Å². The molecule has 0 saturated carbocycles. The van der Waals surface area contributed by atoms with Gasteiger partial charge in [-0.2, -0.15) is 0 Å². The van der Waals surface area contributed by atoms with Crippen molar-refractivity contribution in [2.24, 2.45) is 0 Å². The quantitative estimate of drug-likeness (QED) is 0.375. The number of cyclic esters (lactones) is 1. The van der Waals surface area contributed by atoms with Crippen LogP contribution in [0, 0.1) is 5.82 Å². The average molecular weight is 494 g/mol. The highest BCUT2D eigenvalue weighted by atomic mass is 32.1. The van der Waals surface area contributed by atoms with E-state index in [4.69, 9.17) is 4.74 Å². The zero-order chi connectivity index (χ0) is 24.4. The number of ketones is 1. The van der Waals surface area contributed by atoms with Crippen molar-refractivity contribution in [3.8, 4) is 5.69 Å². The molecule has 2 aromatic carbocycles. The van der Waals surface area contributed by atoms with Crippen molar-refractivity contribution in [2.45, 2.75) is 18.9 Å². The molecule has 0 spiro atoms. The first kappa shape index (κ1) is 22.7. The molecule has 0 radical (unpaired) electrons. The van der Waals surface area contributed by atoms with Crippen molar-refractivity contribution in [3.63, 3.8) is 0 Å². The van der Waals surface area contributed by atoms with Crippen LogP contribution >= 0.6 is 11.3 Å². The van der Waals surface area contributed by atoms with E-state index in [2.05, 4.69) is 15.6 Å². The van der Waals surface area contributed by atoms with Gasteiger partial charge < -0.3 is 10.1 Å². The Morgan fingerprint density at radius 3 is 2.80 bits per heavy atom. The summed E-state index contributed by atoms with van der Waals surface area (Å²) < 4.78 is 21.7. The molecule has 3 heterocycles. The standard InChI is InChI=1S/C24H20FN5O4S/c25-17-12-15(7-8-19(17)30-20-5-2-1-4-18(20)27-28-30)29-14-16(34-24(29)33)13-26-23(32)10-9-21(31)22-6-3-11-35-22/h1-8,11-12,16H,9-10,13-14H2,(H,26,32)/t16-/m0/s1. The number of nitrogens with one attached hydrogen (secondary N) is 1. The number of aromatic nitrogens is 3. The van der Waals surface area contributed by atoms with E-state index >= 15 is 0 Å². The topological polar surface area (TPSA) is 106 Å². The number of anilines is 1. The molecule has 11 heteroatoms. The minimum Gasteiger partial charge on any atom is -0.442 e. The Balaban J connectivity index is 1.18. The molecule has 178 valence electrons. The number of hydrogen-bond acceptors (Lipinski definition) is 7. The SMILES string of the molecule is O=C(CCC(=O)c1cccs1)NC[C@H]1CN(c2ccc(-n3nnc4ccccc43)c(F)c2)C(=O)O1. The van der Waals surface area contributed by atoms with Gasteiger partial charge in [0.25, 0.3) is 0 Å². The molecule has 5 rings (SSSR count). The zero-order valence-electron chi connectivity index (χ0n) is 18.4. The second kappa shape index (κ2) is 9.63. The second-order valence-electron chi connectivity index (χ2n) is 7.95. The summed E-state index contributed by atoms with van der Waals surface area (Å²) in [4.78, 5) is 38.4. The zero-order valence-corrected chi connectivity index (χ0v) is 19.2. The van der Waals surface area contributed by atoms with Crippen LogP contribution in [0.5, 0.6) is 0 Å². The van der Waals surface area contributed by atoms with E-state index in [0.29, 0.717) is 21.6 Å². The molecule has 0 bridgehead atoms. The van der Waals surface area contributed by atoms with E-state index in [1.165, 1.54) is 33.1 Å². The first-order valence-electron chi connectivity index (χ1n) is 10.9. The summed E-state index contributed by atoms with van der Waals surface area (Å²) in [6, 6.07) is 15.1. The lowest BCUT2D eigenvalue weighted by Gasteiger charge is -2.14. The van der Waals surface area contributed by atoms with Crippen LogP contribution in [0.15, 0.2) is 60.0 Å². The molecule has 9 nitrogen and oxygen atoms in total. The predicted molar refractivity (Wildman–Crippen MR) is 127 cm³/mol. The summed E-state index contributed by atoms with van der Waals surface area (Å²) >= 11 is 1.34. The number of thiophene rings is 1. The van der Waals surface area contributed by atoms with Crippen molar-refractivity contribution in [1.82, 2.24) is 20.3 Å². The number of benzene rings is 2. The van der Waals surface area contributed by atoms with Crippen molar-refractivity contribution in [2.75, 3.05) is 18.0 Å². The maximum Gasteiger partial charge on any atom is 0.414 e. The van der Waals surface area contributed by atoms with E-state index in [1.807, 2.05) is 17.5 Å². The lowest BCUT2D eigenvalue weighted by Crippen LogP contribution is -2.34. The summed E-state index contributed by atoms with van der Waals surface area (Å²) in [5.41, 5.74) is 1.83. The Kier molecular flexibility index (Phi) is 6.23. The minimum absolute atomic E-state index is 0.0464. The number of ether oxygens (including phenoxy) is 1. The van der Waals surface area contributed by atoms with Gasteiger partial charge in [0, 0.05) is 12.8 Å². The van der Waals surface area contributed by atoms with Crippen LogP contribution in [0.4, 0.5) is 14.9 Å². The maximum absolute atomic E-state index is 15.0. The molecule has 1 atom stereocenters. The van der Waals surface area contributed by atoms with Gasteiger partial charge in [0.2, 0.25) is 5.91 Å². The molecule has 2 aromatic heterocycles. The average Bonchev–Trinajstić information content (AvgIpc) is 3.61. The number of amides is 2. The van der Waals surface area contributed by atoms with Gasteiger partial charge in [0.15, 0.2) is 11.6 Å². The van der Waals surface area contributed by atoms with Crippen molar-refractivity contribution >= 4 is 45.8 Å². The van der Waals surface area contributed by atoms with E-state index < -0.39 is 18.0 Å². The number of halogens is 1. The van der Waals surface area contributed by atoms with Gasteiger partial charge in [-0.15, -0.1) is 16.4 Å². The summed E-state index contributed by atoms with van der Waals surface area (Å²) in [6.07, 6.45) is -1.07. The van der Waals surface area contributed by atoms with Gasteiger partial charge in [-0.1, -0.05) is 23.4 Å². The van der Waals surface area contributed by atoms with E-state index in [-0.39, 0.29) is 43.3 Å². The molecule has 1 N–H and O–H groups in total. The van der Waals surface area contributed by atoms with Crippen LogP contribution < -0.4 is 10.2 Å². The first-order chi connectivity index (χ1) is 17.0. The highest BCUT2D eigenvalue weighted by molar-refractivity contribution is 7.12. The first-order valence-corrected chi connectivity index (χ1v) is 11.8. The number of nitrogens with zero attached hydrogens (tertiary/aromatic N) is 4. The van der Waals surface area contributed by atoms with Crippen LogP contribution in [0.2, 0.25) is 0 Å². The van der Waals surface area contributed by atoms with Gasteiger partial charge in [0.1, 0.15) is 17.3 Å². The maximum atomic E-state index is 15.0. The number of fused-ring (bicyclic) bond motifs is 1. The van der Waals surface area contributed by atoms with Crippen LogP contribution in [-0.4, -0.2) is 52.0 Å². The van der Waals surface area contributed by atoms with Gasteiger partial charge in [-0.3, -0.25) is 14.5 Å². The van der Waals surface area contributed by atoms with Crippen LogP contribution in [0.25, 0.3) is 16.7 Å². The van der Waals surface area contributed by atoms with E-state index in [9.17, 15) is 18.8 Å². The van der Waals surface area contributed by atoms with Gasteiger partial charge in [-0.05, 0) is 41.8 Å². The third kappa shape index (κ3) is 4.76. The second-order valence-corrected chi connectivity index (χ2v) is 8.89. The Morgan fingerprint density at radius 2 is 2.00 bits per heavy atom. The summed E-state index contributed by atoms with van der Waals surface area (Å²) in [6.45, 7) is 0.248. The van der Waals surface area contributed by atoms with Crippen molar-refractivity contribution in [3.05, 3.63) is 70.7 Å². The number of carbonyl (C=O) groups excluding carboxylic acids is 3. The van der Waals surface area contributed by atoms with Crippen LogP contribution in [0.1, 0.15) is 22.5 Å². The lowest BCUT2D eigenvalue weighted by atomic mass is 10.2. The highest BCUT2D eigenvalue weighted by Gasteiger charge is 2.33. The summed E-state index contributed by atoms with van der Waals surface area (Å²) in [7, 11) is 0. The fourth-order valence-electron chi connectivity index (χ4n) is 3.82. The lowest BCUT2D eigenvalue weighted by molar-refractivity contribution is -0.121. The molecule has 1 aliphatic heterocycles. The molecule has 35 heavy (non-hydrogen) atoms. The Bertz CT molecular complexity index is 1400. The fourth-order valence-corrected chi connectivity index (χ4v) is 4.52. The Morgan fingerprint density at radius 1 is 1.14 bits per heavy atom. The van der Waals surface area contributed by atoms with E-state index in [1.54, 1.807) is 30.3 Å². The third-order valence-electron chi connectivity index (χ3n) is 5.60. The third-order valence-corrected chi connectivity index (χ3v) is 6.51. The molecule has 0 unspecified atom stereocenters. The summed E-state index contributed by atoms with van der Waals surface area (Å²) in [5.74, 6) is -0.962. The summed E-state index contributed by atoms with van der Waals surface area (Å²) in [5, 5.41) is 12.6. The Hall–Kier alpha value is -4.12. The Labute approximate surface area is 203 Å². The predicted octanol–water partition coefficient (Wildman–Crippen LogP) is 3.73. The molecule has 1 saturated heterocycles. The molecule has 1 aliphatic rings. The monoisotopic (exact) mass is 493 g/mol. The number of Topliss-reactive ketones (excluding diaryl/α,β-unsaturated/α-hetero) is 1. The largest absolute Gasteiger partial charge is 0.442 e. The molecular formula is C24H20FN5O4S. The minimum atomic E-state index is -0.629.